The van der Waals surface area contributed by atoms with Gasteiger partial charge in [0, 0.05) is 23.7 Å². The molecule has 0 saturated heterocycles. The van der Waals surface area contributed by atoms with Gasteiger partial charge in [-0.3, -0.25) is 9.59 Å². The first-order valence-corrected chi connectivity index (χ1v) is 8.88. The number of carbonyl (C=O) groups is 2. The van der Waals surface area contributed by atoms with Crippen LogP contribution in [0.4, 0.5) is 5.69 Å². The Hall–Kier alpha value is -2.93. The monoisotopic (exact) mass is 367 g/mol. The SMILES string of the molecule is CC(=O)Nc1ccc(C(=O)C(C)Sc2nnc(-c3ccccc3)o2)cc1. The number of hydrogen-bond donors (Lipinski definition) is 1. The van der Waals surface area contributed by atoms with Crippen LogP contribution in [0.2, 0.25) is 0 Å². The zero-order valence-corrected chi connectivity index (χ0v) is 15.1. The van der Waals surface area contributed by atoms with Crippen molar-refractivity contribution in [3.05, 3.63) is 60.2 Å². The van der Waals surface area contributed by atoms with Crippen LogP contribution >= 0.6 is 11.8 Å². The molecular weight excluding hydrogens is 350 g/mol. The van der Waals surface area contributed by atoms with Crippen LogP contribution in [0.5, 0.6) is 0 Å². The molecule has 0 aliphatic carbocycles. The summed E-state index contributed by atoms with van der Waals surface area (Å²) in [6.07, 6.45) is 0. The largest absolute Gasteiger partial charge is 0.411 e. The standard InChI is InChI=1S/C19H17N3O3S/c1-12(17(24)14-8-10-16(11-9-14)20-13(2)23)26-19-22-21-18(25-19)15-6-4-3-5-7-15/h3-12H,1-2H3,(H,20,23). The number of anilines is 1. The van der Waals surface area contributed by atoms with Gasteiger partial charge < -0.3 is 9.73 Å². The Morgan fingerprint density at radius 2 is 1.73 bits per heavy atom. The van der Waals surface area contributed by atoms with Gasteiger partial charge in [0.2, 0.25) is 11.8 Å². The first-order chi connectivity index (χ1) is 12.5. The molecule has 0 saturated carbocycles. The summed E-state index contributed by atoms with van der Waals surface area (Å²) in [5.74, 6) is 0.217. The van der Waals surface area contributed by atoms with Gasteiger partial charge in [-0.2, -0.15) is 0 Å². The molecule has 0 aliphatic rings. The fourth-order valence-electron chi connectivity index (χ4n) is 2.32. The quantitative estimate of drug-likeness (QED) is 0.522. The number of nitrogens with one attached hydrogen (secondary N) is 1. The van der Waals surface area contributed by atoms with Crippen molar-refractivity contribution in [3.8, 4) is 11.5 Å². The summed E-state index contributed by atoms with van der Waals surface area (Å²) in [5, 5.41) is 10.7. The molecule has 0 spiro atoms. The molecule has 1 unspecified atom stereocenters. The molecule has 0 bridgehead atoms. The van der Waals surface area contributed by atoms with Gasteiger partial charge in [0.25, 0.3) is 5.22 Å². The maximum Gasteiger partial charge on any atom is 0.277 e. The van der Waals surface area contributed by atoms with Crippen molar-refractivity contribution < 1.29 is 14.0 Å². The summed E-state index contributed by atoms with van der Waals surface area (Å²) in [6, 6.07) is 16.2. The zero-order valence-electron chi connectivity index (χ0n) is 14.3. The lowest BCUT2D eigenvalue weighted by atomic mass is 10.1. The van der Waals surface area contributed by atoms with Crippen molar-refractivity contribution >= 4 is 29.1 Å². The predicted molar refractivity (Wildman–Crippen MR) is 100 cm³/mol. The summed E-state index contributed by atoms with van der Waals surface area (Å²) in [4.78, 5) is 23.6. The smallest absolute Gasteiger partial charge is 0.277 e. The highest BCUT2D eigenvalue weighted by Crippen LogP contribution is 2.27. The van der Waals surface area contributed by atoms with E-state index in [2.05, 4.69) is 15.5 Å². The summed E-state index contributed by atoms with van der Waals surface area (Å²) in [5.41, 5.74) is 2.04. The van der Waals surface area contributed by atoms with Crippen molar-refractivity contribution in [2.45, 2.75) is 24.3 Å². The van der Waals surface area contributed by atoms with Gasteiger partial charge in [-0.15, -0.1) is 10.2 Å². The minimum absolute atomic E-state index is 0.0520. The maximum atomic E-state index is 12.6. The highest BCUT2D eigenvalue weighted by molar-refractivity contribution is 8.00. The van der Waals surface area contributed by atoms with Crippen LogP contribution in [-0.2, 0) is 4.79 Å². The van der Waals surface area contributed by atoms with Crippen LogP contribution in [0.25, 0.3) is 11.5 Å². The Labute approximate surface area is 155 Å². The van der Waals surface area contributed by atoms with E-state index in [0.29, 0.717) is 22.4 Å². The minimum atomic E-state index is -0.384. The topological polar surface area (TPSA) is 85.1 Å². The normalized spacial score (nSPS) is 11.8. The first kappa shape index (κ1) is 17.9. The Kier molecular flexibility index (Phi) is 5.48. The Morgan fingerprint density at radius 1 is 1.04 bits per heavy atom. The van der Waals surface area contributed by atoms with E-state index in [1.54, 1.807) is 31.2 Å². The van der Waals surface area contributed by atoms with Crippen molar-refractivity contribution in [3.63, 3.8) is 0 Å². The second-order valence-electron chi connectivity index (χ2n) is 5.62. The molecule has 1 heterocycles. The molecule has 3 aromatic rings. The van der Waals surface area contributed by atoms with Gasteiger partial charge in [0.1, 0.15) is 0 Å². The molecular formula is C19H17N3O3S. The lowest BCUT2D eigenvalue weighted by molar-refractivity contribution is -0.114. The van der Waals surface area contributed by atoms with Crippen molar-refractivity contribution in [1.29, 1.82) is 0 Å². The number of hydrogen-bond acceptors (Lipinski definition) is 6. The van der Waals surface area contributed by atoms with Crippen molar-refractivity contribution in [2.75, 3.05) is 5.32 Å². The van der Waals surface area contributed by atoms with Crippen molar-refractivity contribution in [1.82, 2.24) is 10.2 Å². The van der Waals surface area contributed by atoms with E-state index in [1.807, 2.05) is 30.3 Å². The summed E-state index contributed by atoms with van der Waals surface area (Å²) in [6.45, 7) is 3.23. The summed E-state index contributed by atoms with van der Waals surface area (Å²) < 4.78 is 5.63. The molecule has 1 amide bonds. The molecule has 3 rings (SSSR count). The van der Waals surface area contributed by atoms with Gasteiger partial charge in [0.15, 0.2) is 5.78 Å². The summed E-state index contributed by atoms with van der Waals surface area (Å²) >= 11 is 1.22. The van der Waals surface area contributed by atoms with Crippen LogP contribution in [0, 0.1) is 0 Å². The van der Waals surface area contributed by atoms with E-state index in [9.17, 15) is 9.59 Å². The second-order valence-corrected chi connectivity index (χ2v) is 6.91. The summed E-state index contributed by atoms with van der Waals surface area (Å²) in [7, 11) is 0. The average molecular weight is 367 g/mol. The van der Waals surface area contributed by atoms with Crippen LogP contribution in [0.1, 0.15) is 24.2 Å². The number of amides is 1. The Balaban J connectivity index is 1.66. The molecule has 26 heavy (non-hydrogen) atoms. The molecule has 0 radical (unpaired) electrons. The number of thioether (sulfide) groups is 1. The highest BCUT2D eigenvalue weighted by Gasteiger charge is 2.20. The third-order valence-corrected chi connectivity index (χ3v) is 4.50. The molecule has 6 nitrogen and oxygen atoms in total. The Morgan fingerprint density at radius 3 is 2.38 bits per heavy atom. The van der Waals surface area contributed by atoms with Gasteiger partial charge in [-0.05, 0) is 43.3 Å². The van der Waals surface area contributed by atoms with E-state index in [1.165, 1.54) is 18.7 Å². The molecule has 7 heteroatoms. The molecule has 0 fully saturated rings. The number of benzene rings is 2. The van der Waals surface area contributed by atoms with E-state index in [0.717, 1.165) is 5.56 Å². The second kappa shape index (κ2) is 7.97. The fourth-order valence-corrected chi connectivity index (χ4v) is 3.08. The molecule has 2 aromatic carbocycles. The number of aromatic nitrogens is 2. The van der Waals surface area contributed by atoms with E-state index < -0.39 is 0 Å². The number of nitrogens with zero attached hydrogens (tertiary/aromatic N) is 2. The van der Waals surface area contributed by atoms with Crippen LogP contribution in [-0.4, -0.2) is 27.1 Å². The predicted octanol–water partition coefficient (Wildman–Crippen LogP) is 4.06. The number of Topliss-reactive ketones (excluding diaryl/α,β-unsaturated/α-hetero) is 1. The third kappa shape index (κ3) is 4.37. The fraction of sp³-hybridized carbons (Fsp3) is 0.158. The van der Waals surface area contributed by atoms with Gasteiger partial charge in [-0.1, -0.05) is 30.0 Å². The number of rotatable bonds is 6. The van der Waals surface area contributed by atoms with Crippen LogP contribution < -0.4 is 5.32 Å². The van der Waals surface area contributed by atoms with Crippen LogP contribution in [0.15, 0.2) is 64.2 Å². The third-order valence-electron chi connectivity index (χ3n) is 3.56. The maximum absolute atomic E-state index is 12.6. The van der Waals surface area contributed by atoms with E-state index in [4.69, 9.17) is 4.42 Å². The van der Waals surface area contributed by atoms with Crippen molar-refractivity contribution in [2.24, 2.45) is 0 Å². The lowest BCUT2D eigenvalue weighted by Gasteiger charge is -2.08. The zero-order chi connectivity index (χ0) is 18.5. The van der Waals surface area contributed by atoms with Gasteiger partial charge in [-0.25, -0.2) is 0 Å². The number of ketones is 1. The first-order valence-electron chi connectivity index (χ1n) is 8.00. The number of carbonyl (C=O) groups excluding carboxylic acids is 2. The Bertz CT molecular complexity index is 907. The molecule has 1 aromatic heterocycles. The molecule has 1 atom stereocenters. The molecule has 1 N–H and O–H groups in total. The lowest BCUT2D eigenvalue weighted by Crippen LogP contribution is -2.13. The van der Waals surface area contributed by atoms with E-state index in [-0.39, 0.29) is 16.9 Å². The van der Waals surface area contributed by atoms with E-state index >= 15 is 0 Å². The average Bonchev–Trinajstić information content (AvgIpc) is 3.10. The highest BCUT2D eigenvalue weighted by atomic mass is 32.2. The molecule has 132 valence electrons. The van der Waals surface area contributed by atoms with Gasteiger partial charge >= 0.3 is 0 Å². The van der Waals surface area contributed by atoms with Gasteiger partial charge in [0.05, 0.1) is 5.25 Å². The van der Waals surface area contributed by atoms with Crippen LogP contribution in [0.3, 0.4) is 0 Å². The minimum Gasteiger partial charge on any atom is -0.411 e. The molecule has 0 aliphatic heterocycles.